The van der Waals surface area contributed by atoms with Gasteiger partial charge in [0.05, 0.1) is 34.0 Å². The Morgan fingerprint density at radius 1 is 1.25 bits per heavy atom. The van der Waals surface area contributed by atoms with Gasteiger partial charge < -0.3 is 15.3 Å². The van der Waals surface area contributed by atoms with Crippen LogP contribution in [0.3, 0.4) is 0 Å². The molecule has 0 aromatic carbocycles. The number of piperidine rings is 2. The Morgan fingerprint density at radius 3 is 2.62 bits per heavy atom. The number of likely N-dealkylation sites (tertiary alicyclic amines) is 1. The summed E-state index contributed by atoms with van der Waals surface area (Å²) in [4.78, 5) is 7.78. The van der Waals surface area contributed by atoms with E-state index in [2.05, 4.69) is 29.2 Å². The van der Waals surface area contributed by atoms with Crippen molar-refractivity contribution in [1.29, 1.82) is 0 Å². The van der Waals surface area contributed by atoms with Crippen LogP contribution in [0.5, 0.6) is 0 Å². The van der Waals surface area contributed by atoms with E-state index >= 15 is 0 Å². The first-order chi connectivity index (χ1) is 15.1. The van der Waals surface area contributed by atoms with Gasteiger partial charge in [-0.3, -0.25) is 0 Å². The van der Waals surface area contributed by atoms with Crippen LogP contribution in [0.25, 0.3) is 10.4 Å². The van der Waals surface area contributed by atoms with Crippen LogP contribution in [-0.2, 0) is 10.0 Å². The summed E-state index contributed by atoms with van der Waals surface area (Å²) in [6, 6.07) is 1.61. The van der Waals surface area contributed by atoms with E-state index in [4.69, 9.17) is 16.0 Å². The van der Waals surface area contributed by atoms with E-state index in [0.717, 1.165) is 42.6 Å². The van der Waals surface area contributed by atoms with Crippen molar-refractivity contribution < 1.29 is 13.5 Å². The Hall–Kier alpha value is -1.30. The zero-order valence-electron chi connectivity index (χ0n) is 18.6. The first-order valence-electron chi connectivity index (χ1n) is 10.8. The highest BCUT2D eigenvalue weighted by Gasteiger charge is 2.32. The van der Waals surface area contributed by atoms with E-state index in [1.165, 1.54) is 27.1 Å². The predicted octanol–water partition coefficient (Wildman–Crippen LogP) is 2.78. The van der Waals surface area contributed by atoms with Gasteiger partial charge >= 0.3 is 0 Å². The molecule has 11 heteroatoms. The lowest BCUT2D eigenvalue weighted by atomic mass is 9.91. The van der Waals surface area contributed by atoms with Crippen molar-refractivity contribution in [2.75, 3.05) is 44.8 Å². The maximum absolute atomic E-state index is 11.8. The first-order valence-corrected chi connectivity index (χ1v) is 13.8. The molecule has 2 atom stereocenters. The molecule has 0 amide bonds. The van der Waals surface area contributed by atoms with Gasteiger partial charge in [0.25, 0.3) is 0 Å². The molecule has 4 heterocycles. The molecule has 0 aliphatic carbocycles. The molecule has 2 aliphatic heterocycles. The zero-order chi connectivity index (χ0) is 23.0. The Bertz CT molecular complexity index is 1070. The fraction of sp³-hybridized carbons (Fsp3) is 0.619. The fourth-order valence-corrected chi connectivity index (χ4v) is 6.61. The van der Waals surface area contributed by atoms with E-state index in [9.17, 15) is 13.5 Å². The van der Waals surface area contributed by atoms with Gasteiger partial charge in [-0.2, -0.15) is 8.68 Å². The number of aliphatic hydroxyl groups is 1. The molecule has 2 N–H and O–H groups in total. The third kappa shape index (κ3) is 5.10. The van der Waals surface area contributed by atoms with Crippen LogP contribution >= 0.6 is 23.1 Å². The summed E-state index contributed by atoms with van der Waals surface area (Å²) in [7, 11) is -1.16. The molecular formula is C21H30ClN5O3S2. The summed E-state index contributed by atoms with van der Waals surface area (Å²) >= 11 is 7.99. The molecule has 32 heavy (non-hydrogen) atoms. The summed E-state index contributed by atoms with van der Waals surface area (Å²) in [5.41, 5.74) is 3.22. The second kappa shape index (κ2) is 9.52. The maximum atomic E-state index is 11.8. The average Bonchev–Trinajstić information content (AvgIpc) is 3.12. The minimum absolute atomic E-state index is 0.0742. The van der Waals surface area contributed by atoms with Gasteiger partial charge in [-0.05, 0) is 69.5 Å². The maximum Gasteiger partial charge on any atom is 0.211 e. The van der Waals surface area contributed by atoms with Crippen molar-refractivity contribution in [3.8, 4) is 10.4 Å². The molecule has 0 bridgehead atoms. The molecule has 0 radical (unpaired) electrons. The van der Waals surface area contributed by atoms with Gasteiger partial charge in [-0.25, -0.2) is 13.4 Å². The molecule has 4 rings (SSSR count). The fourth-order valence-electron chi connectivity index (χ4n) is 4.52. The third-order valence-electron chi connectivity index (χ3n) is 6.51. The molecule has 2 aromatic rings. The number of β-amino-alcohol motifs (C(OH)–C–C–N with tert-alkyl or cyclic N) is 1. The molecule has 0 spiro atoms. The average molecular weight is 500 g/mol. The highest BCUT2D eigenvalue weighted by molar-refractivity contribution is 7.88. The third-order valence-corrected chi connectivity index (χ3v) is 9.08. The number of halogens is 1. The minimum Gasteiger partial charge on any atom is -0.390 e. The zero-order valence-corrected chi connectivity index (χ0v) is 21.0. The number of sulfonamides is 1. The molecule has 0 unspecified atom stereocenters. The largest absolute Gasteiger partial charge is 0.390 e. The lowest BCUT2D eigenvalue weighted by Crippen LogP contribution is -2.51. The van der Waals surface area contributed by atoms with E-state index in [-0.39, 0.29) is 12.6 Å². The summed E-state index contributed by atoms with van der Waals surface area (Å²) in [6.07, 6.45) is 4.68. The number of hydrogen-bond donors (Lipinski definition) is 2. The Morgan fingerprint density at radius 2 is 1.97 bits per heavy atom. The van der Waals surface area contributed by atoms with Crippen LogP contribution in [0.1, 0.15) is 36.4 Å². The van der Waals surface area contributed by atoms with Crippen LogP contribution in [-0.4, -0.2) is 83.7 Å². The monoisotopic (exact) mass is 499 g/mol. The van der Waals surface area contributed by atoms with Crippen LogP contribution in [0, 0.1) is 6.92 Å². The number of anilines is 1. The SMILES string of the molecule is Cc1c(C2CCN(C)CC2)nsc1-c1cc(N[C@@H]2CCN(S(C)(=O)=O)C[C@H]2O)ncc1Cl. The molecule has 2 fully saturated rings. The van der Waals surface area contributed by atoms with E-state index in [1.54, 1.807) is 6.20 Å². The van der Waals surface area contributed by atoms with Crippen LogP contribution in [0.4, 0.5) is 5.82 Å². The number of nitrogens with one attached hydrogen (secondary N) is 1. The second-order valence-electron chi connectivity index (χ2n) is 8.88. The summed E-state index contributed by atoms with van der Waals surface area (Å²) in [5, 5.41) is 14.3. The molecule has 8 nitrogen and oxygen atoms in total. The standard InChI is InChI=1S/C21H30ClN5O3S2/c1-13-20(14-4-7-26(2)8-5-14)25-31-21(13)15-10-19(23-11-16(15)22)24-17-6-9-27(12-18(17)28)32(3,29)30/h10-11,14,17-18,28H,4-9,12H2,1-3H3,(H,23,24)/t17-,18-/m1/s1. The molecule has 2 saturated heterocycles. The van der Waals surface area contributed by atoms with E-state index < -0.39 is 16.1 Å². The number of hydrogen-bond acceptors (Lipinski definition) is 8. The normalized spacial score (nSPS) is 24.0. The van der Waals surface area contributed by atoms with Crippen LogP contribution in [0.2, 0.25) is 5.02 Å². The molecule has 176 valence electrons. The molecule has 0 saturated carbocycles. The number of pyridine rings is 1. The number of rotatable bonds is 5. The predicted molar refractivity (Wildman–Crippen MR) is 129 cm³/mol. The van der Waals surface area contributed by atoms with Crippen molar-refractivity contribution in [2.24, 2.45) is 0 Å². The summed E-state index contributed by atoms with van der Waals surface area (Å²) < 4.78 is 29.6. The highest BCUT2D eigenvalue weighted by atomic mass is 35.5. The van der Waals surface area contributed by atoms with E-state index in [0.29, 0.717) is 29.7 Å². The van der Waals surface area contributed by atoms with Crippen molar-refractivity contribution in [3.63, 3.8) is 0 Å². The van der Waals surface area contributed by atoms with Gasteiger partial charge in [0, 0.05) is 30.8 Å². The number of aromatic nitrogens is 2. The van der Waals surface area contributed by atoms with Crippen molar-refractivity contribution in [1.82, 2.24) is 18.6 Å². The highest BCUT2D eigenvalue weighted by Crippen LogP contribution is 2.40. The van der Waals surface area contributed by atoms with Gasteiger partial charge in [-0.15, -0.1) is 0 Å². The lowest BCUT2D eigenvalue weighted by Gasteiger charge is -2.35. The van der Waals surface area contributed by atoms with Crippen LogP contribution < -0.4 is 5.32 Å². The smallest absolute Gasteiger partial charge is 0.211 e. The second-order valence-corrected chi connectivity index (χ2v) is 12.0. The van der Waals surface area contributed by atoms with Crippen molar-refractivity contribution in [2.45, 2.75) is 44.2 Å². The first kappa shape index (κ1) is 23.8. The van der Waals surface area contributed by atoms with Gasteiger partial charge in [-0.1, -0.05) is 11.6 Å². The van der Waals surface area contributed by atoms with Crippen molar-refractivity contribution >= 4 is 39.0 Å². The minimum atomic E-state index is -3.31. The van der Waals surface area contributed by atoms with Crippen LogP contribution in [0.15, 0.2) is 12.3 Å². The number of aliphatic hydroxyl groups excluding tert-OH is 1. The molecule has 2 aromatic heterocycles. The lowest BCUT2D eigenvalue weighted by molar-refractivity contribution is 0.0952. The topological polar surface area (TPSA) is 98.7 Å². The molecule has 2 aliphatic rings. The Balaban J connectivity index is 1.52. The quantitative estimate of drug-likeness (QED) is 0.652. The Kier molecular flexibility index (Phi) is 7.09. The van der Waals surface area contributed by atoms with Gasteiger partial charge in [0.2, 0.25) is 10.0 Å². The summed E-state index contributed by atoms with van der Waals surface area (Å²) in [6.45, 7) is 4.72. The van der Waals surface area contributed by atoms with Crippen molar-refractivity contribution in [3.05, 3.63) is 28.5 Å². The number of nitrogens with zero attached hydrogens (tertiary/aromatic N) is 4. The van der Waals surface area contributed by atoms with E-state index in [1.807, 2.05) is 6.07 Å². The van der Waals surface area contributed by atoms with Gasteiger partial charge in [0.15, 0.2) is 0 Å². The van der Waals surface area contributed by atoms with Gasteiger partial charge in [0.1, 0.15) is 5.82 Å². The Labute approximate surface area is 198 Å². The summed E-state index contributed by atoms with van der Waals surface area (Å²) in [5.74, 6) is 1.08. The molecular weight excluding hydrogens is 470 g/mol.